The van der Waals surface area contributed by atoms with Gasteiger partial charge in [0.2, 0.25) is 5.91 Å². The normalized spacial score (nSPS) is 30.0. The van der Waals surface area contributed by atoms with Crippen LogP contribution in [0.15, 0.2) is 24.3 Å². The minimum atomic E-state index is -5.15. The van der Waals surface area contributed by atoms with E-state index in [0.29, 0.717) is 4.90 Å². The second kappa shape index (κ2) is 9.08. The topological polar surface area (TPSA) is 65.6 Å². The molecule has 0 aromatic heterocycles. The Hall–Kier alpha value is -2.03. The summed E-state index contributed by atoms with van der Waals surface area (Å²) in [5, 5.41) is 7.07. The van der Waals surface area contributed by atoms with Gasteiger partial charge < -0.3 is 4.90 Å². The van der Waals surface area contributed by atoms with Crippen molar-refractivity contribution >= 4 is 5.91 Å². The van der Waals surface area contributed by atoms with E-state index in [1.807, 2.05) is 5.32 Å². The molecule has 3 unspecified atom stereocenters. The molecule has 2 fully saturated rings. The predicted molar refractivity (Wildman–Crippen MR) is 94.0 cm³/mol. The molecule has 3 N–H and O–H groups in total. The minimum Gasteiger partial charge on any atom is -0.333 e. The zero-order valence-electron chi connectivity index (χ0n) is 16.5. The van der Waals surface area contributed by atoms with Crippen LogP contribution in [-0.2, 0) is 9.53 Å². The smallest absolute Gasteiger partial charge is 0.333 e. The van der Waals surface area contributed by atoms with Crippen LogP contribution in [0.1, 0.15) is 18.5 Å². The van der Waals surface area contributed by atoms with E-state index in [0.717, 1.165) is 19.1 Å². The summed E-state index contributed by atoms with van der Waals surface area (Å²) in [6, 6.07) is -0.523. The van der Waals surface area contributed by atoms with Crippen LogP contribution in [0.5, 0.6) is 0 Å². The van der Waals surface area contributed by atoms with Gasteiger partial charge in [0.05, 0.1) is 18.2 Å². The Kier molecular flexibility index (Phi) is 6.98. The van der Waals surface area contributed by atoms with Crippen LogP contribution in [0.25, 0.3) is 0 Å². The van der Waals surface area contributed by atoms with Gasteiger partial charge in [-0.05, 0) is 24.6 Å². The molecular weight excluding hydrogens is 456 g/mol. The lowest BCUT2D eigenvalue weighted by atomic mass is 9.97. The molecule has 0 radical (unpaired) electrons. The second-order valence-corrected chi connectivity index (χ2v) is 7.51. The Bertz CT molecular complexity index is 804. The fourth-order valence-electron chi connectivity index (χ4n) is 3.64. The summed E-state index contributed by atoms with van der Waals surface area (Å²) in [6.07, 6.45) is -15.3. The van der Waals surface area contributed by atoms with E-state index in [9.17, 15) is 35.5 Å². The Morgan fingerprint density at radius 3 is 2.31 bits per heavy atom. The monoisotopic (exact) mass is 476 g/mol. The number of nitrogens with one attached hydrogen (secondary N) is 3. The van der Waals surface area contributed by atoms with Crippen LogP contribution in [0.3, 0.4) is 0 Å². The van der Waals surface area contributed by atoms with Crippen LogP contribution >= 0.6 is 0 Å². The average molecular weight is 476 g/mol. The molecular formula is C18H20F8N4O2. The second-order valence-electron chi connectivity index (χ2n) is 7.51. The number of ether oxygens (including phenoxy) is 1. The van der Waals surface area contributed by atoms with Crippen molar-refractivity contribution in [1.82, 2.24) is 20.9 Å². The number of hydrogen-bond donors (Lipinski definition) is 3. The van der Waals surface area contributed by atoms with Gasteiger partial charge in [0.15, 0.2) is 6.04 Å². The number of amides is 1. The van der Waals surface area contributed by atoms with Gasteiger partial charge in [-0.25, -0.2) is 8.78 Å². The van der Waals surface area contributed by atoms with Crippen molar-refractivity contribution in [1.29, 1.82) is 0 Å². The standard InChI is InChI=1S/C18H20F8N4O2/c1-8-11(32-18(24,25)26)6-30(8)16(31)14(17(21,22)23)29-15-12(20)13(27-7-28-15)9-2-4-10(19)5-3-9/h2-5,8,11-15,27-29H,6-7H2,1H3/t8-,11-,12?,13?,14-,15?/m0/s1. The maximum atomic E-state index is 15.0. The Morgan fingerprint density at radius 2 is 1.78 bits per heavy atom. The zero-order chi connectivity index (χ0) is 23.8. The molecule has 2 aliphatic rings. The van der Waals surface area contributed by atoms with Gasteiger partial charge in [0, 0.05) is 13.2 Å². The molecule has 1 aromatic rings. The average Bonchev–Trinajstić information content (AvgIpc) is 2.68. The van der Waals surface area contributed by atoms with Crippen LogP contribution in [0.4, 0.5) is 35.1 Å². The molecule has 14 heteroatoms. The molecule has 2 heterocycles. The fraction of sp³-hybridized carbons (Fsp3) is 0.611. The van der Waals surface area contributed by atoms with E-state index < -0.39 is 67.4 Å². The number of carbonyl (C=O) groups excluding carboxylic acids is 1. The molecule has 32 heavy (non-hydrogen) atoms. The fourth-order valence-corrected chi connectivity index (χ4v) is 3.64. The molecule has 1 aromatic carbocycles. The largest absolute Gasteiger partial charge is 0.522 e. The first-order chi connectivity index (χ1) is 14.8. The minimum absolute atomic E-state index is 0.124. The lowest BCUT2D eigenvalue weighted by Gasteiger charge is -2.47. The van der Waals surface area contributed by atoms with Crippen LogP contribution < -0.4 is 16.0 Å². The van der Waals surface area contributed by atoms with E-state index in [4.69, 9.17) is 0 Å². The first-order valence-corrected chi connectivity index (χ1v) is 9.52. The predicted octanol–water partition coefficient (Wildman–Crippen LogP) is 2.34. The summed E-state index contributed by atoms with van der Waals surface area (Å²) in [5.74, 6) is -2.12. The third-order valence-electron chi connectivity index (χ3n) is 5.40. The summed E-state index contributed by atoms with van der Waals surface area (Å²) in [6.45, 7) is 0.307. The highest BCUT2D eigenvalue weighted by atomic mass is 19.4. The number of benzene rings is 1. The number of nitrogens with zero attached hydrogens (tertiary/aromatic N) is 1. The zero-order valence-corrected chi connectivity index (χ0v) is 16.5. The lowest BCUT2D eigenvalue weighted by Crippen LogP contribution is -2.71. The summed E-state index contributed by atoms with van der Waals surface area (Å²) < 4.78 is 110. The van der Waals surface area contributed by atoms with Crippen molar-refractivity contribution in [3.63, 3.8) is 0 Å². The maximum absolute atomic E-state index is 15.0. The quantitative estimate of drug-likeness (QED) is 0.570. The molecule has 0 saturated carbocycles. The van der Waals surface area contributed by atoms with Gasteiger partial charge in [-0.1, -0.05) is 12.1 Å². The first-order valence-electron chi connectivity index (χ1n) is 9.52. The van der Waals surface area contributed by atoms with Crippen molar-refractivity contribution in [3.05, 3.63) is 35.6 Å². The van der Waals surface area contributed by atoms with Crippen molar-refractivity contribution in [2.45, 2.75) is 56.0 Å². The highest BCUT2D eigenvalue weighted by molar-refractivity contribution is 5.84. The van der Waals surface area contributed by atoms with E-state index in [2.05, 4.69) is 15.4 Å². The number of carbonyl (C=O) groups is 1. The van der Waals surface area contributed by atoms with E-state index in [1.54, 1.807) is 0 Å². The summed E-state index contributed by atoms with van der Waals surface area (Å²) in [4.78, 5) is 13.1. The molecule has 6 atom stereocenters. The van der Waals surface area contributed by atoms with Gasteiger partial charge in [-0.15, -0.1) is 13.2 Å². The highest BCUT2D eigenvalue weighted by Gasteiger charge is 2.54. The van der Waals surface area contributed by atoms with E-state index in [1.165, 1.54) is 12.1 Å². The van der Waals surface area contributed by atoms with Crippen molar-refractivity contribution < 1.29 is 44.7 Å². The molecule has 2 aliphatic heterocycles. The first kappa shape index (κ1) is 24.6. The van der Waals surface area contributed by atoms with Gasteiger partial charge in [0.25, 0.3) is 0 Å². The molecule has 0 bridgehead atoms. The Balaban J connectivity index is 1.70. The van der Waals surface area contributed by atoms with E-state index >= 15 is 4.39 Å². The molecule has 6 nitrogen and oxygen atoms in total. The molecule has 2 saturated heterocycles. The number of hydrogen-bond acceptors (Lipinski definition) is 5. The van der Waals surface area contributed by atoms with Crippen molar-refractivity contribution in [3.8, 4) is 0 Å². The highest BCUT2D eigenvalue weighted by Crippen LogP contribution is 2.32. The summed E-state index contributed by atoms with van der Waals surface area (Å²) in [7, 11) is 0. The molecule has 1 amide bonds. The SMILES string of the molecule is C[C@H]1[C@@H](OC(F)(F)F)CN1C(=O)[C@H](NC1NCNC(c2ccc(F)cc2)C1F)C(F)(F)F. The van der Waals surface area contributed by atoms with Gasteiger partial charge in [-0.2, -0.15) is 13.2 Å². The van der Waals surface area contributed by atoms with Crippen molar-refractivity contribution in [2.24, 2.45) is 0 Å². The van der Waals surface area contributed by atoms with Crippen LogP contribution in [-0.4, -0.2) is 67.1 Å². The Morgan fingerprint density at radius 1 is 1.16 bits per heavy atom. The number of halogens is 8. The Labute approximate surface area is 177 Å². The van der Waals surface area contributed by atoms with E-state index in [-0.39, 0.29) is 12.2 Å². The van der Waals surface area contributed by atoms with Crippen LogP contribution in [0, 0.1) is 5.82 Å². The molecule has 0 aliphatic carbocycles. The van der Waals surface area contributed by atoms with Gasteiger partial charge >= 0.3 is 12.5 Å². The number of likely N-dealkylation sites (tertiary alicyclic amines) is 1. The number of alkyl halides is 7. The maximum Gasteiger partial charge on any atom is 0.522 e. The van der Waals surface area contributed by atoms with Crippen molar-refractivity contribution in [2.75, 3.05) is 13.2 Å². The van der Waals surface area contributed by atoms with Crippen LogP contribution in [0.2, 0.25) is 0 Å². The lowest BCUT2D eigenvalue weighted by molar-refractivity contribution is -0.360. The number of rotatable bonds is 5. The molecule has 0 spiro atoms. The van der Waals surface area contributed by atoms with Gasteiger partial charge in [0.1, 0.15) is 18.1 Å². The summed E-state index contributed by atoms with van der Waals surface area (Å²) in [5.41, 5.74) is 0.283. The van der Waals surface area contributed by atoms with Gasteiger partial charge in [-0.3, -0.25) is 25.5 Å². The molecule has 180 valence electrons. The third kappa shape index (κ3) is 5.47. The molecule has 3 rings (SSSR count). The third-order valence-corrected chi connectivity index (χ3v) is 5.40. The summed E-state index contributed by atoms with van der Waals surface area (Å²) >= 11 is 0.